The second-order valence-corrected chi connectivity index (χ2v) is 8.75. The highest BCUT2D eigenvalue weighted by atomic mass is 19.1. The Kier molecular flexibility index (Phi) is 6.35. The Labute approximate surface area is 197 Å². The number of nitro groups is 1. The van der Waals surface area contributed by atoms with Crippen LogP contribution in [0.1, 0.15) is 36.1 Å². The molecule has 0 saturated carbocycles. The smallest absolute Gasteiger partial charge is 0.269 e. The lowest BCUT2D eigenvalue weighted by atomic mass is 10.1. The van der Waals surface area contributed by atoms with Crippen molar-refractivity contribution < 1.29 is 14.1 Å². The summed E-state index contributed by atoms with van der Waals surface area (Å²) in [6, 6.07) is 12.7. The van der Waals surface area contributed by atoms with E-state index >= 15 is 0 Å². The lowest BCUT2D eigenvalue weighted by molar-refractivity contribution is -0.384. The zero-order chi connectivity index (χ0) is 23.5. The first-order valence-electron chi connectivity index (χ1n) is 11.6. The molecule has 0 unspecified atom stereocenters. The van der Waals surface area contributed by atoms with Gasteiger partial charge in [0.2, 0.25) is 11.8 Å². The van der Waals surface area contributed by atoms with Gasteiger partial charge in [-0.3, -0.25) is 15.0 Å². The molecule has 0 aliphatic carbocycles. The molecule has 3 aromatic rings. The third-order valence-electron chi connectivity index (χ3n) is 6.29. The minimum atomic E-state index is -0.395. The number of aromatic nitrogens is 2. The molecule has 0 atom stereocenters. The molecule has 2 aromatic carbocycles. The Balaban J connectivity index is 1.42. The summed E-state index contributed by atoms with van der Waals surface area (Å²) >= 11 is 0. The molecule has 0 radical (unpaired) electrons. The molecule has 1 saturated heterocycles. The predicted molar refractivity (Wildman–Crippen MR) is 125 cm³/mol. The zero-order valence-electron chi connectivity index (χ0n) is 18.8. The van der Waals surface area contributed by atoms with E-state index < -0.39 is 4.92 Å². The highest BCUT2D eigenvalue weighted by Gasteiger charge is 2.26. The summed E-state index contributed by atoms with van der Waals surface area (Å²) in [5, 5.41) is 10.9. The Hall–Kier alpha value is -3.59. The lowest BCUT2D eigenvalue weighted by Gasteiger charge is -2.32. The fourth-order valence-corrected chi connectivity index (χ4v) is 4.51. The number of anilines is 1. The van der Waals surface area contributed by atoms with Gasteiger partial charge in [-0.1, -0.05) is 18.2 Å². The molecule has 0 spiro atoms. The third-order valence-corrected chi connectivity index (χ3v) is 6.29. The van der Waals surface area contributed by atoms with Gasteiger partial charge in [-0.2, -0.15) is 4.98 Å². The summed E-state index contributed by atoms with van der Waals surface area (Å²) in [5.41, 5.74) is 2.93. The van der Waals surface area contributed by atoms with Gasteiger partial charge in [-0.05, 0) is 37.0 Å². The maximum atomic E-state index is 13.8. The van der Waals surface area contributed by atoms with Crippen molar-refractivity contribution in [3.63, 3.8) is 0 Å². The van der Waals surface area contributed by atoms with Crippen LogP contribution in [0.25, 0.3) is 0 Å². The van der Waals surface area contributed by atoms with Crippen LogP contribution in [0.4, 0.5) is 16.0 Å². The van der Waals surface area contributed by atoms with Gasteiger partial charge in [-0.15, -0.1) is 0 Å². The van der Waals surface area contributed by atoms with E-state index in [1.54, 1.807) is 24.3 Å². The van der Waals surface area contributed by atoms with Crippen molar-refractivity contribution in [1.82, 2.24) is 14.9 Å². The van der Waals surface area contributed by atoms with E-state index in [1.165, 1.54) is 30.7 Å². The SMILES string of the molecule is O=[N+]([O-])c1ccc(CN2CCc3nc(N4CCCCC4)nc(Oc4cccc(F)c4)c3C2)cc1. The van der Waals surface area contributed by atoms with Crippen molar-refractivity contribution in [2.75, 3.05) is 24.5 Å². The molecular weight excluding hydrogens is 437 g/mol. The van der Waals surface area contributed by atoms with Crippen LogP contribution in [0.5, 0.6) is 11.6 Å². The highest BCUT2D eigenvalue weighted by Crippen LogP contribution is 2.32. The van der Waals surface area contributed by atoms with Gasteiger partial charge in [0.05, 0.1) is 16.2 Å². The molecule has 0 bridgehead atoms. The van der Waals surface area contributed by atoms with E-state index in [1.807, 2.05) is 0 Å². The van der Waals surface area contributed by atoms with Gasteiger partial charge in [0.25, 0.3) is 5.69 Å². The Morgan fingerprint density at radius 2 is 1.82 bits per heavy atom. The van der Waals surface area contributed by atoms with Crippen LogP contribution in [0.15, 0.2) is 48.5 Å². The second kappa shape index (κ2) is 9.72. The summed E-state index contributed by atoms with van der Waals surface area (Å²) in [6.07, 6.45) is 4.18. The number of nitrogens with zero attached hydrogens (tertiary/aromatic N) is 5. The molecule has 2 aliphatic heterocycles. The van der Waals surface area contributed by atoms with Crippen molar-refractivity contribution >= 4 is 11.6 Å². The fraction of sp³-hybridized carbons (Fsp3) is 0.360. The maximum absolute atomic E-state index is 13.8. The molecule has 5 rings (SSSR count). The Bertz CT molecular complexity index is 1180. The average Bonchev–Trinajstić information content (AvgIpc) is 2.85. The maximum Gasteiger partial charge on any atom is 0.269 e. The van der Waals surface area contributed by atoms with E-state index in [4.69, 9.17) is 14.7 Å². The largest absolute Gasteiger partial charge is 0.438 e. The van der Waals surface area contributed by atoms with Crippen molar-refractivity contribution in [3.8, 4) is 11.6 Å². The van der Waals surface area contributed by atoms with E-state index in [0.717, 1.165) is 55.7 Å². The van der Waals surface area contributed by atoms with Crippen LogP contribution in [0.3, 0.4) is 0 Å². The summed E-state index contributed by atoms with van der Waals surface area (Å²) in [6.45, 7) is 3.87. The molecule has 34 heavy (non-hydrogen) atoms. The molecule has 1 fully saturated rings. The number of ether oxygens (including phenoxy) is 1. The molecular formula is C25H26FN5O3. The van der Waals surface area contributed by atoms with Gasteiger partial charge in [-0.25, -0.2) is 9.37 Å². The first-order valence-corrected chi connectivity index (χ1v) is 11.6. The first-order chi connectivity index (χ1) is 16.5. The van der Waals surface area contributed by atoms with Crippen molar-refractivity contribution in [1.29, 1.82) is 0 Å². The highest BCUT2D eigenvalue weighted by molar-refractivity contribution is 5.44. The quantitative estimate of drug-likeness (QED) is 0.381. The van der Waals surface area contributed by atoms with Gasteiger partial charge >= 0.3 is 0 Å². The molecule has 0 amide bonds. The fourth-order valence-electron chi connectivity index (χ4n) is 4.51. The number of non-ortho nitro benzene ring substituents is 1. The van der Waals surface area contributed by atoms with Crippen LogP contribution in [-0.4, -0.2) is 39.4 Å². The minimum absolute atomic E-state index is 0.0807. The normalized spacial score (nSPS) is 16.2. The van der Waals surface area contributed by atoms with Gasteiger partial charge in [0.1, 0.15) is 11.6 Å². The molecule has 2 aliphatic rings. The molecule has 8 nitrogen and oxygen atoms in total. The summed E-state index contributed by atoms with van der Waals surface area (Å²) in [5.74, 6) is 1.17. The number of benzene rings is 2. The summed E-state index contributed by atoms with van der Waals surface area (Å²) < 4.78 is 19.9. The number of nitro benzene ring substituents is 1. The van der Waals surface area contributed by atoms with Gasteiger partial charge in [0, 0.05) is 57.3 Å². The molecule has 176 valence electrons. The van der Waals surface area contributed by atoms with E-state index in [0.29, 0.717) is 30.7 Å². The molecule has 9 heteroatoms. The van der Waals surface area contributed by atoms with Crippen molar-refractivity contribution in [2.24, 2.45) is 0 Å². The number of piperidine rings is 1. The van der Waals surface area contributed by atoms with E-state index in [2.05, 4.69) is 9.80 Å². The number of fused-ring (bicyclic) bond motifs is 1. The number of halogens is 1. The van der Waals surface area contributed by atoms with Crippen molar-refractivity contribution in [3.05, 3.63) is 81.3 Å². The lowest BCUT2D eigenvalue weighted by Crippen LogP contribution is -2.34. The first kappa shape index (κ1) is 22.2. The minimum Gasteiger partial charge on any atom is -0.438 e. The van der Waals surface area contributed by atoms with Crippen LogP contribution in [-0.2, 0) is 19.5 Å². The van der Waals surface area contributed by atoms with Gasteiger partial charge < -0.3 is 9.64 Å². The molecule has 3 heterocycles. The molecule has 1 aromatic heterocycles. The monoisotopic (exact) mass is 463 g/mol. The summed E-state index contributed by atoms with van der Waals surface area (Å²) in [7, 11) is 0. The summed E-state index contributed by atoms with van der Waals surface area (Å²) in [4.78, 5) is 24.6. The molecule has 0 N–H and O–H groups in total. The second-order valence-electron chi connectivity index (χ2n) is 8.75. The number of hydrogen-bond donors (Lipinski definition) is 0. The number of hydrogen-bond acceptors (Lipinski definition) is 7. The predicted octanol–water partition coefficient (Wildman–Crippen LogP) is 4.86. The van der Waals surface area contributed by atoms with Crippen LogP contribution < -0.4 is 9.64 Å². The Morgan fingerprint density at radius 3 is 2.56 bits per heavy atom. The van der Waals surface area contributed by atoms with Gasteiger partial charge in [0.15, 0.2) is 0 Å². The van der Waals surface area contributed by atoms with Crippen LogP contribution in [0.2, 0.25) is 0 Å². The average molecular weight is 464 g/mol. The zero-order valence-corrected chi connectivity index (χ0v) is 18.8. The number of rotatable bonds is 6. The van der Waals surface area contributed by atoms with E-state index in [-0.39, 0.29) is 11.5 Å². The van der Waals surface area contributed by atoms with Crippen LogP contribution in [0, 0.1) is 15.9 Å². The standard InChI is InChI=1S/C25H26FN5O3/c26-19-5-4-6-21(15-19)34-24-22-17-29(16-18-7-9-20(10-8-18)31(32)33)14-11-23(22)27-25(28-24)30-12-2-1-3-13-30/h4-10,15H,1-3,11-14,16-17H2. The van der Waals surface area contributed by atoms with Crippen molar-refractivity contribution in [2.45, 2.75) is 38.8 Å². The van der Waals surface area contributed by atoms with Crippen LogP contribution >= 0.6 is 0 Å². The Morgan fingerprint density at radius 1 is 1.03 bits per heavy atom. The van der Waals surface area contributed by atoms with E-state index in [9.17, 15) is 14.5 Å². The third kappa shape index (κ3) is 4.99. The topological polar surface area (TPSA) is 84.6 Å².